The van der Waals surface area contributed by atoms with Gasteiger partial charge < -0.3 is 5.32 Å². The quantitative estimate of drug-likeness (QED) is 0.939. The molecule has 7 heteroatoms. The average Bonchev–Trinajstić information content (AvgIpc) is 2.41. The third-order valence-electron chi connectivity index (χ3n) is 2.73. The fraction of sp³-hybridized carbons (Fsp3) is 0.231. The highest BCUT2D eigenvalue weighted by Crippen LogP contribution is 2.29. The number of anilines is 2. The van der Waals surface area contributed by atoms with Crippen LogP contribution in [0.4, 0.5) is 11.5 Å². The molecule has 0 unspecified atom stereocenters. The maximum Gasteiger partial charge on any atom is 0.182 e. The number of rotatable bonds is 4. The van der Waals surface area contributed by atoms with Gasteiger partial charge in [0.15, 0.2) is 15.7 Å². The van der Waals surface area contributed by atoms with Crippen LogP contribution in [0.3, 0.4) is 0 Å². The predicted molar refractivity (Wildman–Crippen MR) is 79.1 cm³/mol. The molecule has 20 heavy (non-hydrogen) atoms. The summed E-state index contributed by atoms with van der Waals surface area (Å²) in [4.78, 5) is 8.00. The molecule has 1 aromatic heterocycles. The third-order valence-corrected chi connectivity index (χ3v) is 5.22. The summed E-state index contributed by atoms with van der Waals surface area (Å²) >= 11 is 5.97. The van der Waals surface area contributed by atoms with Gasteiger partial charge in [-0.1, -0.05) is 23.7 Å². The summed E-state index contributed by atoms with van der Waals surface area (Å²) in [7, 11) is -3.39. The van der Waals surface area contributed by atoms with Gasteiger partial charge >= 0.3 is 0 Å². The van der Waals surface area contributed by atoms with Crippen LogP contribution in [0.15, 0.2) is 41.7 Å². The largest absolute Gasteiger partial charge is 0.338 e. The second-order valence-electron chi connectivity index (χ2n) is 4.43. The molecule has 0 saturated carbocycles. The zero-order valence-electron chi connectivity index (χ0n) is 11.0. The molecular formula is C13H14ClN3O2S. The highest BCUT2D eigenvalue weighted by atomic mass is 35.5. The minimum atomic E-state index is -3.39. The monoisotopic (exact) mass is 311 g/mol. The number of nitrogens with zero attached hydrogens (tertiary/aromatic N) is 2. The van der Waals surface area contributed by atoms with Gasteiger partial charge in [0.1, 0.15) is 11.3 Å². The van der Waals surface area contributed by atoms with Crippen molar-refractivity contribution in [2.75, 3.05) is 5.32 Å². The van der Waals surface area contributed by atoms with Crippen molar-refractivity contribution in [3.8, 4) is 0 Å². The van der Waals surface area contributed by atoms with Crippen LogP contribution < -0.4 is 5.32 Å². The Hall–Kier alpha value is -1.66. The minimum absolute atomic E-state index is 0.227. The maximum atomic E-state index is 12.3. The molecule has 106 valence electrons. The Bertz CT molecular complexity index is 717. The molecule has 0 amide bonds. The van der Waals surface area contributed by atoms with Crippen molar-refractivity contribution < 1.29 is 8.42 Å². The van der Waals surface area contributed by atoms with Crippen molar-refractivity contribution in [3.63, 3.8) is 0 Å². The number of hydrogen-bond acceptors (Lipinski definition) is 5. The Balaban J connectivity index is 2.47. The summed E-state index contributed by atoms with van der Waals surface area (Å²) in [6, 6.07) is 6.67. The van der Waals surface area contributed by atoms with Gasteiger partial charge in [-0.2, -0.15) is 0 Å². The first kappa shape index (κ1) is 14.7. The predicted octanol–water partition coefficient (Wildman–Crippen LogP) is 3.06. The molecule has 0 fully saturated rings. The molecule has 2 aromatic rings. The van der Waals surface area contributed by atoms with Gasteiger partial charge in [0.05, 0.1) is 22.0 Å². The van der Waals surface area contributed by atoms with E-state index in [1.807, 2.05) is 0 Å². The fourth-order valence-corrected chi connectivity index (χ4v) is 2.96. The number of aromatic nitrogens is 2. The van der Waals surface area contributed by atoms with E-state index in [1.165, 1.54) is 12.5 Å². The van der Waals surface area contributed by atoms with Crippen LogP contribution in [-0.2, 0) is 9.84 Å². The number of para-hydroxylation sites is 1. The molecule has 0 aliphatic carbocycles. The van der Waals surface area contributed by atoms with E-state index >= 15 is 0 Å². The summed E-state index contributed by atoms with van der Waals surface area (Å²) in [5.41, 5.74) is 0.446. The van der Waals surface area contributed by atoms with Gasteiger partial charge in [0.25, 0.3) is 0 Å². The van der Waals surface area contributed by atoms with E-state index in [0.29, 0.717) is 16.5 Å². The second kappa shape index (κ2) is 5.76. The smallest absolute Gasteiger partial charge is 0.182 e. The lowest BCUT2D eigenvalue weighted by molar-refractivity contribution is 0.588. The fourth-order valence-electron chi connectivity index (χ4n) is 1.60. The van der Waals surface area contributed by atoms with E-state index in [0.717, 1.165) is 0 Å². The first-order valence-electron chi connectivity index (χ1n) is 5.98. The molecule has 0 saturated heterocycles. The van der Waals surface area contributed by atoms with Gasteiger partial charge in [-0.05, 0) is 26.0 Å². The molecule has 0 aliphatic rings. The van der Waals surface area contributed by atoms with E-state index in [1.54, 1.807) is 38.1 Å². The van der Waals surface area contributed by atoms with Crippen LogP contribution in [0.5, 0.6) is 0 Å². The Morgan fingerprint density at radius 1 is 1.25 bits per heavy atom. The highest BCUT2D eigenvalue weighted by molar-refractivity contribution is 7.92. The van der Waals surface area contributed by atoms with Crippen molar-refractivity contribution in [2.45, 2.75) is 24.0 Å². The van der Waals surface area contributed by atoms with Gasteiger partial charge in [-0.25, -0.2) is 18.4 Å². The summed E-state index contributed by atoms with van der Waals surface area (Å²) in [6.45, 7) is 3.29. The van der Waals surface area contributed by atoms with Crippen molar-refractivity contribution in [1.82, 2.24) is 9.97 Å². The third kappa shape index (κ3) is 2.91. The number of nitrogens with one attached hydrogen (secondary N) is 1. The van der Waals surface area contributed by atoms with Gasteiger partial charge in [0.2, 0.25) is 0 Å². The van der Waals surface area contributed by atoms with Crippen molar-refractivity contribution in [3.05, 3.63) is 41.8 Å². The van der Waals surface area contributed by atoms with Crippen LogP contribution in [0.25, 0.3) is 0 Å². The van der Waals surface area contributed by atoms with E-state index in [2.05, 4.69) is 15.3 Å². The van der Waals surface area contributed by atoms with Crippen molar-refractivity contribution >= 4 is 32.9 Å². The molecule has 0 atom stereocenters. The topological polar surface area (TPSA) is 72.0 Å². The Labute approximate surface area is 123 Å². The lowest BCUT2D eigenvalue weighted by atomic mass is 10.3. The van der Waals surface area contributed by atoms with E-state index < -0.39 is 15.1 Å². The molecular weight excluding hydrogens is 298 g/mol. The molecule has 0 aliphatic heterocycles. The maximum absolute atomic E-state index is 12.3. The van der Waals surface area contributed by atoms with Crippen LogP contribution in [0.2, 0.25) is 5.02 Å². The minimum Gasteiger partial charge on any atom is -0.338 e. The van der Waals surface area contributed by atoms with Gasteiger partial charge in [0, 0.05) is 0 Å². The number of benzene rings is 1. The van der Waals surface area contributed by atoms with Crippen LogP contribution in [-0.4, -0.2) is 23.6 Å². The number of sulfone groups is 1. The molecule has 5 nitrogen and oxygen atoms in total. The standard InChI is InChI=1S/C13H14ClN3O2S/c1-9(2)20(18,19)12-6-4-3-5-11(12)17-13-10(14)7-15-8-16-13/h3-9H,1-2H3,(H,15,16,17). The SMILES string of the molecule is CC(C)S(=O)(=O)c1ccccc1Nc1ncncc1Cl. The van der Waals surface area contributed by atoms with Crippen molar-refractivity contribution in [2.24, 2.45) is 0 Å². The Kier molecular flexibility index (Phi) is 4.25. The van der Waals surface area contributed by atoms with Crippen molar-refractivity contribution in [1.29, 1.82) is 0 Å². The lowest BCUT2D eigenvalue weighted by Crippen LogP contribution is -2.15. The van der Waals surface area contributed by atoms with Gasteiger partial charge in [-0.15, -0.1) is 0 Å². The van der Waals surface area contributed by atoms with E-state index in [-0.39, 0.29) is 4.90 Å². The average molecular weight is 312 g/mol. The number of halogens is 1. The van der Waals surface area contributed by atoms with E-state index in [4.69, 9.17) is 11.6 Å². The van der Waals surface area contributed by atoms with Crippen LogP contribution in [0.1, 0.15) is 13.8 Å². The summed E-state index contributed by atoms with van der Waals surface area (Å²) in [5.74, 6) is 0.369. The molecule has 0 radical (unpaired) electrons. The molecule has 1 aromatic carbocycles. The first-order valence-corrected chi connectivity index (χ1v) is 7.91. The number of hydrogen-bond donors (Lipinski definition) is 1. The zero-order chi connectivity index (χ0) is 14.8. The molecule has 2 rings (SSSR count). The molecule has 0 spiro atoms. The summed E-state index contributed by atoms with van der Waals surface area (Å²) in [5, 5.41) is 2.75. The summed E-state index contributed by atoms with van der Waals surface area (Å²) in [6.07, 6.45) is 2.78. The van der Waals surface area contributed by atoms with Crippen LogP contribution >= 0.6 is 11.6 Å². The summed E-state index contributed by atoms with van der Waals surface area (Å²) < 4.78 is 24.6. The second-order valence-corrected chi connectivity index (χ2v) is 7.31. The lowest BCUT2D eigenvalue weighted by Gasteiger charge is -2.14. The molecule has 1 N–H and O–H groups in total. The van der Waals surface area contributed by atoms with Gasteiger partial charge in [-0.3, -0.25) is 0 Å². The first-order chi connectivity index (χ1) is 9.43. The normalized spacial score (nSPS) is 11.6. The Morgan fingerprint density at radius 3 is 2.60 bits per heavy atom. The van der Waals surface area contributed by atoms with E-state index in [9.17, 15) is 8.42 Å². The Morgan fingerprint density at radius 2 is 1.95 bits per heavy atom. The molecule has 0 bridgehead atoms. The highest BCUT2D eigenvalue weighted by Gasteiger charge is 2.22. The zero-order valence-corrected chi connectivity index (χ0v) is 12.6. The molecule has 1 heterocycles. The van der Waals surface area contributed by atoms with Crippen LogP contribution in [0, 0.1) is 0 Å².